The van der Waals surface area contributed by atoms with Gasteiger partial charge in [-0.3, -0.25) is 4.98 Å². The van der Waals surface area contributed by atoms with Crippen LogP contribution in [-0.4, -0.2) is 4.98 Å². The van der Waals surface area contributed by atoms with Crippen LogP contribution in [0.5, 0.6) is 0 Å². The van der Waals surface area contributed by atoms with Crippen molar-refractivity contribution in [3.63, 3.8) is 0 Å². The standard InChI is InChI=1S/C12H6.C10H9N/c1-3-5-7-9-11-12-10-8-6-4-2;1-8-6-9-4-2-3-5-10(9)11-7-8/h1-2H3;2-7H,1H3. The molecule has 0 atom stereocenters. The molecule has 0 unspecified atom stereocenters. The number of hydrogen-bond acceptors (Lipinski definition) is 1. The molecule has 1 aromatic carbocycles. The Morgan fingerprint density at radius 2 is 1.26 bits per heavy atom. The van der Waals surface area contributed by atoms with Crippen LogP contribution in [-0.2, 0) is 0 Å². The van der Waals surface area contributed by atoms with Gasteiger partial charge in [-0.1, -0.05) is 30.0 Å². The van der Waals surface area contributed by atoms with Gasteiger partial charge >= 0.3 is 0 Å². The van der Waals surface area contributed by atoms with E-state index in [4.69, 9.17) is 0 Å². The fraction of sp³-hybridized carbons (Fsp3) is 0.136. The van der Waals surface area contributed by atoms with Crippen LogP contribution in [0.4, 0.5) is 0 Å². The van der Waals surface area contributed by atoms with E-state index >= 15 is 0 Å². The number of hydrogen-bond donors (Lipinski definition) is 0. The number of aromatic nitrogens is 1. The van der Waals surface area contributed by atoms with E-state index in [1.165, 1.54) is 10.9 Å². The zero-order valence-electron chi connectivity index (χ0n) is 13.4. The SMILES string of the molecule is CC#CC#CC#CC#CC#CC.Cc1cnc2ccccc2c1. The molecular weight excluding hydrogens is 278 g/mol. The minimum absolute atomic E-state index is 1.07. The third kappa shape index (κ3) is 7.69. The lowest BCUT2D eigenvalue weighted by molar-refractivity contribution is 1.33. The maximum atomic E-state index is 4.28. The van der Waals surface area contributed by atoms with Gasteiger partial charge in [0.2, 0.25) is 0 Å². The van der Waals surface area contributed by atoms with Crippen molar-refractivity contribution in [2.24, 2.45) is 0 Å². The van der Waals surface area contributed by atoms with Gasteiger partial charge in [0.05, 0.1) is 5.52 Å². The molecule has 0 spiro atoms. The van der Waals surface area contributed by atoms with Gasteiger partial charge in [0.25, 0.3) is 0 Å². The van der Waals surface area contributed by atoms with Gasteiger partial charge in [0.15, 0.2) is 0 Å². The zero-order valence-corrected chi connectivity index (χ0v) is 13.4. The van der Waals surface area contributed by atoms with Crippen molar-refractivity contribution in [1.29, 1.82) is 0 Å². The van der Waals surface area contributed by atoms with Gasteiger partial charge in [-0.05, 0) is 85.8 Å². The summed E-state index contributed by atoms with van der Waals surface area (Å²) in [5.74, 6) is 25.6. The van der Waals surface area contributed by atoms with Gasteiger partial charge in [-0.2, -0.15) is 0 Å². The zero-order chi connectivity index (χ0) is 16.8. The van der Waals surface area contributed by atoms with Crippen LogP contribution in [0.25, 0.3) is 10.9 Å². The average molecular weight is 293 g/mol. The summed E-state index contributed by atoms with van der Waals surface area (Å²) in [5, 5.41) is 1.22. The molecule has 0 radical (unpaired) electrons. The number of pyridine rings is 1. The van der Waals surface area contributed by atoms with E-state index in [1.807, 2.05) is 24.4 Å². The Kier molecular flexibility index (Phi) is 8.46. The van der Waals surface area contributed by atoms with Crippen LogP contribution < -0.4 is 0 Å². The number of rotatable bonds is 0. The third-order valence-electron chi connectivity index (χ3n) is 2.41. The molecule has 0 saturated carbocycles. The second-order valence-electron chi connectivity index (χ2n) is 4.21. The number of nitrogens with zero attached hydrogens (tertiary/aromatic N) is 1. The van der Waals surface area contributed by atoms with Gasteiger partial charge < -0.3 is 0 Å². The van der Waals surface area contributed by atoms with E-state index in [9.17, 15) is 0 Å². The Labute approximate surface area is 138 Å². The van der Waals surface area contributed by atoms with Crippen molar-refractivity contribution in [2.75, 3.05) is 0 Å². The van der Waals surface area contributed by atoms with E-state index in [2.05, 4.69) is 83.2 Å². The quantitative estimate of drug-likeness (QED) is 0.677. The molecule has 108 valence electrons. The van der Waals surface area contributed by atoms with Crippen LogP contribution in [0, 0.1) is 66.1 Å². The second-order valence-corrected chi connectivity index (χ2v) is 4.21. The summed E-state index contributed by atoms with van der Waals surface area (Å²) < 4.78 is 0. The molecule has 0 bridgehead atoms. The lowest BCUT2D eigenvalue weighted by Crippen LogP contribution is -1.78. The summed E-state index contributed by atoms with van der Waals surface area (Å²) in [6.07, 6.45) is 1.89. The summed E-state index contributed by atoms with van der Waals surface area (Å²) in [6, 6.07) is 10.3. The number of benzene rings is 1. The molecule has 0 saturated heterocycles. The summed E-state index contributed by atoms with van der Waals surface area (Å²) in [5.41, 5.74) is 2.28. The Morgan fingerprint density at radius 3 is 1.83 bits per heavy atom. The smallest absolute Gasteiger partial charge is 0.0702 e. The highest BCUT2D eigenvalue weighted by atomic mass is 14.6. The third-order valence-corrected chi connectivity index (χ3v) is 2.41. The number of fused-ring (bicyclic) bond motifs is 1. The highest BCUT2D eigenvalue weighted by Crippen LogP contribution is 2.11. The van der Waals surface area contributed by atoms with E-state index in [0.29, 0.717) is 0 Å². The summed E-state index contributed by atoms with van der Waals surface area (Å²) >= 11 is 0. The molecule has 2 rings (SSSR count). The number of aryl methyl sites for hydroxylation is 1. The van der Waals surface area contributed by atoms with Crippen molar-refractivity contribution < 1.29 is 0 Å². The first-order valence-electron chi connectivity index (χ1n) is 6.93. The second kappa shape index (κ2) is 11.1. The minimum Gasteiger partial charge on any atom is -0.256 e. The summed E-state index contributed by atoms with van der Waals surface area (Å²) in [6.45, 7) is 5.50. The molecule has 0 N–H and O–H groups in total. The first-order chi connectivity index (χ1) is 11.3. The summed E-state index contributed by atoms with van der Waals surface area (Å²) in [4.78, 5) is 4.28. The van der Waals surface area contributed by atoms with Gasteiger partial charge in [0, 0.05) is 11.6 Å². The van der Waals surface area contributed by atoms with Crippen molar-refractivity contribution >= 4 is 10.9 Å². The Hall–Kier alpha value is -3.57. The Bertz CT molecular complexity index is 928. The van der Waals surface area contributed by atoms with E-state index in [-0.39, 0.29) is 0 Å². The van der Waals surface area contributed by atoms with Crippen molar-refractivity contribution in [3.05, 3.63) is 42.1 Å². The lowest BCUT2D eigenvalue weighted by Gasteiger charge is -1.95. The molecule has 1 heteroatoms. The predicted molar refractivity (Wildman–Crippen MR) is 96.7 cm³/mol. The number of para-hydroxylation sites is 1. The predicted octanol–water partition coefficient (Wildman–Crippen LogP) is 3.59. The van der Waals surface area contributed by atoms with Crippen molar-refractivity contribution in [3.8, 4) is 59.2 Å². The van der Waals surface area contributed by atoms with Crippen LogP contribution >= 0.6 is 0 Å². The molecule has 0 aliphatic heterocycles. The molecular formula is C22H15N. The highest BCUT2D eigenvalue weighted by molar-refractivity contribution is 5.78. The maximum absolute atomic E-state index is 4.28. The average Bonchev–Trinajstić information content (AvgIpc) is 2.58. The largest absolute Gasteiger partial charge is 0.256 e. The van der Waals surface area contributed by atoms with E-state index in [0.717, 1.165) is 5.52 Å². The van der Waals surface area contributed by atoms with E-state index in [1.54, 1.807) is 13.8 Å². The summed E-state index contributed by atoms with van der Waals surface area (Å²) in [7, 11) is 0. The molecule has 0 amide bonds. The van der Waals surface area contributed by atoms with Crippen LogP contribution in [0.15, 0.2) is 36.5 Å². The molecule has 0 aliphatic carbocycles. The molecule has 23 heavy (non-hydrogen) atoms. The van der Waals surface area contributed by atoms with Gasteiger partial charge in [-0.15, -0.1) is 0 Å². The first kappa shape index (κ1) is 17.5. The molecule has 2 aromatic rings. The fourth-order valence-corrected chi connectivity index (χ4v) is 1.49. The lowest BCUT2D eigenvalue weighted by atomic mass is 10.2. The molecule has 0 aliphatic rings. The van der Waals surface area contributed by atoms with Crippen LogP contribution in [0.1, 0.15) is 19.4 Å². The molecule has 1 nitrogen and oxygen atoms in total. The monoisotopic (exact) mass is 293 g/mol. The molecule has 1 heterocycles. The fourth-order valence-electron chi connectivity index (χ4n) is 1.49. The normalized spacial score (nSPS) is 6.91. The van der Waals surface area contributed by atoms with Crippen molar-refractivity contribution in [2.45, 2.75) is 20.8 Å². The maximum Gasteiger partial charge on any atom is 0.0702 e. The van der Waals surface area contributed by atoms with Gasteiger partial charge in [0.1, 0.15) is 0 Å². The van der Waals surface area contributed by atoms with Crippen LogP contribution in [0.3, 0.4) is 0 Å². The Balaban J connectivity index is 0.000000230. The van der Waals surface area contributed by atoms with Crippen LogP contribution in [0.2, 0.25) is 0 Å². The topological polar surface area (TPSA) is 12.9 Å². The van der Waals surface area contributed by atoms with Crippen molar-refractivity contribution in [1.82, 2.24) is 4.98 Å². The first-order valence-corrected chi connectivity index (χ1v) is 6.93. The highest BCUT2D eigenvalue weighted by Gasteiger charge is 1.90. The minimum atomic E-state index is 1.07. The van der Waals surface area contributed by atoms with E-state index < -0.39 is 0 Å². The molecule has 0 fully saturated rings. The molecule has 1 aromatic heterocycles. The van der Waals surface area contributed by atoms with Gasteiger partial charge in [-0.25, -0.2) is 0 Å². The Morgan fingerprint density at radius 1 is 0.739 bits per heavy atom.